The molecule has 0 spiro atoms. The van der Waals surface area contributed by atoms with Crippen molar-refractivity contribution in [1.29, 1.82) is 0 Å². The predicted molar refractivity (Wildman–Crippen MR) is 89.5 cm³/mol. The van der Waals surface area contributed by atoms with Gasteiger partial charge in [0.25, 0.3) is 5.91 Å². The molecule has 0 aromatic heterocycles. The molecule has 2 aliphatic heterocycles. The first-order valence-electron chi connectivity index (χ1n) is 8.94. The summed E-state index contributed by atoms with van der Waals surface area (Å²) in [5.41, 5.74) is 1.22. The van der Waals surface area contributed by atoms with Gasteiger partial charge >= 0.3 is 0 Å². The average Bonchev–Trinajstić information content (AvgIpc) is 3.23. The van der Waals surface area contributed by atoms with E-state index in [2.05, 4.69) is 0 Å². The standard InChI is InChI=1S/C19H22N2O3/c22-17(20-11-3-4-12-20)13-7-9-14(10-8-13)21-18(23)15-5-1-2-6-16(15)19(21)24/h7-10,15-16H,1-6,11-12H2/t15-,16-/m0/s1. The molecule has 1 aromatic carbocycles. The Labute approximate surface area is 141 Å². The molecule has 5 heteroatoms. The molecule has 2 atom stereocenters. The molecular weight excluding hydrogens is 304 g/mol. The molecule has 2 saturated heterocycles. The number of likely N-dealkylation sites (tertiary alicyclic amines) is 1. The molecule has 24 heavy (non-hydrogen) atoms. The number of anilines is 1. The Balaban J connectivity index is 1.55. The molecule has 0 N–H and O–H groups in total. The van der Waals surface area contributed by atoms with E-state index in [4.69, 9.17) is 0 Å². The normalized spacial score (nSPS) is 26.8. The van der Waals surface area contributed by atoms with E-state index in [-0.39, 0.29) is 29.6 Å². The summed E-state index contributed by atoms with van der Waals surface area (Å²) in [6.07, 6.45) is 5.80. The van der Waals surface area contributed by atoms with E-state index in [1.165, 1.54) is 4.90 Å². The first kappa shape index (κ1) is 15.4. The quantitative estimate of drug-likeness (QED) is 0.785. The summed E-state index contributed by atoms with van der Waals surface area (Å²) >= 11 is 0. The van der Waals surface area contributed by atoms with E-state index in [1.807, 2.05) is 4.90 Å². The third-order valence-electron chi connectivity index (χ3n) is 5.61. The zero-order chi connectivity index (χ0) is 16.7. The van der Waals surface area contributed by atoms with Crippen LogP contribution in [0.25, 0.3) is 0 Å². The van der Waals surface area contributed by atoms with Crippen molar-refractivity contribution in [2.24, 2.45) is 11.8 Å². The second kappa shape index (κ2) is 6.04. The number of carbonyl (C=O) groups is 3. The summed E-state index contributed by atoms with van der Waals surface area (Å²) in [5.74, 6) is -0.382. The van der Waals surface area contributed by atoms with Gasteiger partial charge in [-0.1, -0.05) is 12.8 Å². The monoisotopic (exact) mass is 326 g/mol. The fourth-order valence-electron chi connectivity index (χ4n) is 4.27. The molecule has 5 nitrogen and oxygen atoms in total. The lowest BCUT2D eigenvalue weighted by Gasteiger charge is -2.19. The second-order valence-electron chi connectivity index (χ2n) is 7.06. The molecule has 4 rings (SSSR count). The van der Waals surface area contributed by atoms with Crippen molar-refractivity contribution in [1.82, 2.24) is 4.90 Å². The fraction of sp³-hybridized carbons (Fsp3) is 0.526. The minimum Gasteiger partial charge on any atom is -0.339 e. The Morgan fingerprint density at radius 1 is 0.833 bits per heavy atom. The predicted octanol–water partition coefficient (Wildman–Crippen LogP) is 2.60. The van der Waals surface area contributed by atoms with Gasteiger partial charge in [-0.05, 0) is 49.9 Å². The first-order valence-corrected chi connectivity index (χ1v) is 8.94. The largest absolute Gasteiger partial charge is 0.339 e. The van der Waals surface area contributed by atoms with Gasteiger partial charge in [-0.2, -0.15) is 0 Å². The topological polar surface area (TPSA) is 57.7 Å². The van der Waals surface area contributed by atoms with Gasteiger partial charge in [-0.3, -0.25) is 19.3 Å². The highest BCUT2D eigenvalue weighted by Gasteiger charge is 2.48. The number of imide groups is 1. The van der Waals surface area contributed by atoms with Crippen molar-refractivity contribution in [3.8, 4) is 0 Å². The lowest BCUT2D eigenvalue weighted by Crippen LogP contribution is -2.31. The number of carbonyl (C=O) groups excluding carboxylic acids is 3. The number of amides is 3. The molecule has 126 valence electrons. The number of hydrogen-bond donors (Lipinski definition) is 0. The Hall–Kier alpha value is -2.17. The van der Waals surface area contributed by atoms with Crippen LogP contribution in [0.5, 0.6) is 0 Å². The Morgan fingerprint density at radius 2 is 1.38 bits per heavy atom. The molecule has 0 radical (unpaired) electrons. The van der Waals surface area contributed by atoms with Crippen LogP contribution in [0.1, 0.15) is 48.9 Å². The summed E-state index contributed by atoms with van der Waals surface area (Å²) in [7, 11) is 0. The van der Waals surface area contributed by atoms with Crippen LogP contribution in [0.4, 0.5) is 5.69 Å². The SMILES string of the molecule is O=C(c1ccc(N2C(=O)[C@H]3CCCC[C@@H]3C2=O)cc1)N1CCCC1. The molecule has 1 aromatic rings. The number of hydrogen-bond acceptors (Lipinski definition) is 3. The van der Waals surface area contributed by atoms with Gasteiger partial charge < -0.3 is 4.90 Å². The van der Waals surface area contributed by atoms with E-state index in [0.717, 1.165) is 51.6 Å². The summed E-state index contributed by atoms with van der Waals surface area (Å²) < 4.78 is 0. The average molecular weight is 326 g/mol. The van der Waals surface area contributed by atoms with Crippen molar-refractivity contribution in [3.63, 3.8) is 0 Å². The highest BCUT2D eigenvalue weighted by Crippen LogP contribution is 2.40. The van der Waals surface area contributed by atoms with Crippen molar-refractivity contribution in [2.75, 3.05) is 18.0 Å². The molecule has 2 heterocycles. The third-order valence-corrected chi connectivity index (χ3v) is 5.61. The Kier molecular flexibility index (Phi) is 3.87. The van der Waals surface area contributed by atoms with Gasteiger partial charge in [0.2, 0.25) is 11.8 Å². The van der Waals surface area contributed by atoms with Crippen molar-refractivity contribution >= 4 is 23.4 Å². The van der Waals surface area contributed by atoms with Gasteiger partial charge in [0.05, 0.1) is 17.5 Å². The highest BCUT2D eigenvalue weighted by atomic mass is 16.2. The van der Waals surface area contributed by atoms with Gasteiger partial charge in [-0.15, -0.1) is 0 Å². The van der Waals surface area contributed by atoms with Crippen LogP contribution >= 0.6 is 0 Å². The molecule has 0 unspecified atom stereocenters. The van der Waals surface area contributed by atoms with Gasteiger partial charge in [0.15, 0.2) is 0 Å². The van der Waals surface area contributed by atoms with Gasteiger partial charge in [0, 0.05) is 18.7 Å². The maximum Gasteiger partial charge on any atom is 0.253 e. The van der Waals surface area contributed by atoms with Crippen molar-refractivity contribution in [3.05, 3.63) is 29.8 Å². The van der Waals surface area contributed by atoms with E-state index in [0.29, 0.717) is 11.3 Å². The van der Waals surface area contributed by atoms with Crippen LogP contribution in [0, 0.1) is 11.8 Å². The van der Waals surface area contributed by atoms with Crippen LogP contribution < -0.4 is 4.90 Å². The lowest BCUT2D eigenvalue weighted by molar-refractivity contribution is -0.122. The van der Waals surface area contributed by atoms with E-state index in [9.17, 15) is 14.4 Å². The summed E-state index contributed by atoms with van der Waals surface area (Å²) in [6.45, 7) is 1.63. The minimum atomic E-state index is -0.142. The van der Waals surface area contributed by atoms with Crippen molar-refractivity contribution < 1.29 is 14.4 Å². The lowest BCUT2D eigenvalue weighted by atomic mass is 9.81. The first-order chi connectivity index (χ1) is 11.7. The van der Waals surface area contributed by atoms with E-state index >= 15 is 0 Å². The minimum absolute atomic E-state index is 0.0341. The highest BCUT2D eigenvalue weighted by molar-refractivity contribution is 6.22. The molecule has 1 saturated carbocycles. The smallest absolute Gasteiger partial charge is 0.253 e. The Morgan fingerprint density at radius 3 is 1.92 bits per heavy atom. The number of benzene rings is 1. The van der Waals surface area contributed by atoms with Crippen molar-refractivity contribution in [2.45, 2.75) is 38.5 Å². The zero-order valence-electron chi connectivity index (χ0n) is 13.7. The third kappa shape index (κ3) is 2.43. The van der Waals surface area contributed by atoms with E-state index < -0.39 is 0 Å². The fourth-order valence-corrected chi connectivity index (χ4v) is 4.27. The molecule has 0 bridgehead atoms. The Bertz CT molecular complexity index is 652. The molecule has 1 aliphatic carbocycles. The maximum atomic E-state index is 12.6. The van der Waals surface area contributed by atoms with Gasteiger partial charge in [0.1, 0.15) is 0 Å². The second-order valence-corrected chi connectivity index (χ2v) is 7.06. The summed E-state index contributed by atoms with van der Waals surface area (Å²) in [6, 6.07) is 6.93. The van der Waals surface area contributed by atoms with Crippen LogP contribution in [0.15, 0.2) is 24.3 Å². The number of fused-ring (bicyclic) bond motifs is 1. The molecule has 3 aliphatic rings. The number of nitrogens with zero attached hydrogens (tertiary/aromatic N) is 2. The van der Waals surface area contributed by atoms with Crippen LogP contribution in [-0.4, -0.2) is 35.7 Å². The summed E-state index contributed by atoms with van der Waals surface area (Å²) in [4.78, 5) is 40.8. The molecule has 3 fully saturated rings. The maximum absolute atomic E-state index is 12.6. The van der Waals surface area contributed by atoms with Crippen LogP contribution in [0.2, 0.25) is 0 Å². The van der Waals surface area contributed by atoms with Gasteiger partial charge in [-0.25, -0.2) is 0 Å². The molecule has 3 amide bonds. The van der Waals surface area contributed by atoms with Crippen LogP contribution in [-0.2, 0) is 9.59 Å². The van der Waals surface area contributed by atoms with E-state index in [1.54, 1.807) is 24.3 Å². The van der Waals surface area contributed by atoms with Crippen LogP contribution in [0.3, 0.4) is 0 Å². The zero-order valence-corrected chi connectivity index (χ0v) is 13.7. The number of rotatable bonds is 2. The summed E-state index contributed by atoms with van der Waals surface area (Å²) in [5, 5.41) is 0. The molecular formula is C19H22N2O3.